The highest BCUT2D eigenvalue weighted by Crippen LogP contribution is 2.22. The largest absolute Gasteiger partial charge is 0.312 e. The van der Waals surface area contributed by atoms with Crippen LogP contribution < -0.4 is 10.9 Å². The number of aromatic nitrogens is 2. The molecule has 0 aliphatic carbocycles. The molecular formula is C14H12BrF2N3O. The van der Waals surface area contributed by atoms with Gasteiger partial charge in [-0.25, -0.2) is 13.5 Å². The van der Waals surface area contributed by atoms with E-state index >= 15 is 0 Å². The van der Waals surface area contributed by atoms with Crippen LogP contribution in [-0.2, 0) is 19.5 Å². The third-order valence-electron chi connectivity index (χ3n) is 3.47. The lowest BCUT2D eigenvalue weighted by Crippen LogP contribution is -2.32. The minimum absolute atomic E-state index is 0.161. The van der Waals surface area contributed by atoms with Crippen molar-refractivity contribution in [2.24, 2.45) is 0 Å². The molecule has 0 unspecified atom stereocenters. The Balaban J connectivity index is 2.03. The van der Waals surface area contributed by atoms with Crippen LogP contribution in [-0.4, -0.2) is 16.3 Å². The van der Waals surface area contributed by atoms with Gasteiger partial charge < -0.3 is 5.32 Å². The fourth-order valence-electron chi connectivity index (χ4n) is 2.34. The lowest BCUT2D eigenvalue weighted by Gasteiger charge is -2.17. The zero-order valence-electron chi connectivity index (χ0n) is 11.0. The van der Waals surface area contributed by atoms with E-state index in [9.17, 15) is 13.6 Å². The zero-order valence-corrected chi connectivity index (χ0v) is 12.6. The number of hydrogen-bond donors (Lipinski definition) is 1. The summed E-state index contributed by atoms with van der Waals surface area (Å²) in [4.78, 5) is 12.0. The molecule has 1 aliphatic rings. The van der Waals surface area contributed by atoms with Crippen molar-refractivity contribution in [2.75, 3.05) is 6.54 Å². The van der Waals surface area contributed by atoms with Crippen molar-refractivity contribution in [3.05, 3.63) is 61.5 Å². The van der Waals surface area contributed by atoms with Gasteiger partial charge in [-0.2, -0.15) is 5.10 Å². The molecule has 0 fully saturated rings. The molecule has 0 saturated heterocycles. The van der Waals surface area contributed by atoms with Crippen LogP contribution in [0, 0.1) is 11.6 Å². The average Bonchev–Trinajstić information content (AvgIpc) is 2.48. The minimum Gasteiger partial charge on any atom is -0.312 e. The van der Waals surface area contributed by atoms with E-state index in [0.29, 0.717) is 13.0 Å². The molecule has 1 aliphatic heterocycles. The molecular weight excluding hydrogens is 344 g/mol. The normalized spacial score (nSPS) is 14.0. The first-order valence-electron chi connectivity index (χ1n) is 6.49. The molecule has 0 amide bonds. The maximum atomic E-state index is 14.0. The van der Waals surface area contributed by atoms with Crippen molar-refractivity contribution in [1.82, 2.24) is 15.1 Å². The van der Waals surface area contributed by atoms with Gasteiger partial charge in [0.1, 0.15) is 11.6 Å². The van der Waals surface area contributed by atoms with Crippen molar-refractivity contribution < 1.29 is 8.78 Å². The maximum Gasteiger partial charge on any atom is 0.267 e. The van der Waals surface area contributed by atoms with Gasteiger partial charge >= 0.3 is 0 Å². The quantitative estimate of drug-likeness (QED) is 0.838. The Labute approximate surface area is 127 Å². The Morgan fingerprint density at radius 2 is 2.19 bits per heavy atom. The second-order valence-electron chi connectivity index (χ2n) is 4.86. The molecule has 7 heteroatoms. The summed E-state index contributed by atoms with van der Waals surface area (Å²) >= 11 is 3.01. The summed E-state index contributed by atoms with van der Waals surface area (Å²) in [5.74, 6) is -1.40. The minimum atomic E-state index is -0.705. The molecule has 1 aromatic carbocycles. The summed E-state index contributed by atoms with van der Waals surface area (Å²) in [7, 11) is 0. The molecule has 0 spiro atoms. The van der Waals surface area contributed by atoms with Crippen LogP contribution in [0.3, 0.4) is 0 Å². The van der Waals surface area contributed by atoms with Crippen molar-refractivity contribution in [3.8, 4) is 0 Å². The first kappa shape index (κ1) is 14.3. The van der Waals surface area contributed by atoms with Crippen molar-refractivity contribution in [2.45, 2.75) is 19.5 Å². The highest BCUT2D eigenvalue weighted by molar-refractivity contribution is 9.10. The number of fused-ring (bicyclic) bond motifs is 1. The van der Waals surface area contributed by atoms with Crippen LogP contribution in [0.4, 0.5) is 8.78 Å². The fourth-order valence-corrected chi connectivity index (χ4v) is 2.71. The number of halogens is 3. The van der Waals surface area contributed by atoms with Gasteiger partial charge in [0, 0.05) is 31.1 Å². The fraction of sp³-hybridized carbons (Fsp3) is 0.286. The molecule has 0 saturated carbocycles. The summed E-state index contributed by atoms with van der Waals surface area (Å²) < 4.78 is 29.0. The Hall–Kier alpha value is -1.60. The molecule has 0 radical (unpaired) electrons. The molecule has 110 valence electrons. The van der Waals surface area contributed by atoms with E-state index in [4.69, 9.17) is 0 Å². The van der Waals surface area contributed by atoms with Crippen molar-refractivity contribution in [1.29, 1.82) is 0 Å². The van der Waals surface area contributed by atoms with Crippen LogP contribution in [0.5, 0.6) is 0 Å². The van der Waals surface area contributed by atoms with E-state index in [1.807, 2.05) is 0 Å². The molecule has 2 aromatic rings. The van der Waals surface area contributed by atoms with E-state index in [1.165, 1.54) is 12.1 Å². The van der Waals surface area contributed by atoms with E-state index in [2.05, 4.69) is 26.3 Å². The number of benzene rings is 1. The zero-order chi connectivity index (χ0) is 15.0. The molecule has 1 aromatic heterocycles. The highest BCUT2D eigenvalue weighted by Gasteiger charge is 2.17. The highest BCUT2D eigenvalue weighted by atomic mass is 79.9. The van der Waals surface area contributed by atoms with Crippen LogP contribution in [0.1, 0.15) is 16.8 Å². The number of nitrogens with zero attached hydrogens (tertiary/aromatic N) is 2. The summed E-state index contributed by atoms with van der Waals surface area (Å²) in [5.41, 5.74) is 1.10. The van der Waals surface area contributed by atoms with Crippen LogP contribution in [0.25, 0.3) is 0 Å². The Morgan fingerprint density at radius 3 is 3.00 bits per heavy atom. The lowest BCUT2D eigenvalue weighted by molar-refractivity contribution is 0.509. The van der Waals surface area contributed by atoms with E-state index in [1.54, 1.807) is 0 Å². The topological polar surface area (TPSA) is 46.9 Å². The van der Waals surface area contributed by atoms with Gasteiger partial charge in [0.15, 0.2) is 0 Å². The summed E-state index contributed by atoms with van der Waals surface area (Å²) in [6.07, 6.45) is 0.694. The Bertz CT molecular complexity index is 761. The smallest absolute Gasteiger partial charge is 0.267 e. The van der Waals surface area contributed by atoms with Gasteiger partial charge in [-0.05, 0) is 33.6 Å². The Morgan fingerprint density at radius 1 is 1.38 bits per heavy atom. The van der Waals surface area contributed by atoms with Crippen LogP contribution in [0.15, 0.2) is 27.5 Å². The van der Waals surface area contributed by atoms with Gasteiger partial charge in [0.25, 0.3) is 5.56 Å². The van der Waals surface area contributed by atoms with E-state index in [-0.39, 0.29) is 22.1 Å². The molecule has 21 heavy (non-hydrogen) atoms. The second kappa shape index (κ2) is 5.65. The molecule has 1 N–H and O–H groups in total. The molecule has 3 rings (SSSR count). The second-order valence-corrected chi connectivity index (χ2v) is 5.72. The summed E-state index contributed by atoms with van der Waals surface area (Å²) in [6, 6.07) is 3.93. The van der Waals surface area contributed by atoms with E-state index in [0.717, 1.165) is 28.6 Å². The summed E-state index contributed by atoms with van der Waals surface area (Å²) in [6.45, 7) is 1.15. The molecule has 0 atom stereocenters. The number of rotatable bonds is 2. The van der Waals surface area contributed by atoms with Gasteiger partial charge in [-0.15, -0.1) is 0 Å². The average molecular weight is 356 g/mol. The monoisotopic (exact) mass is 355 g/mol. The third kappa shape index (κ3) is 2.75. The predicted octanol–water partition coefficient (Wildman–Crippen LogP) is 1.98. The third-order valence-corrected chi connectivity index (χ3v) is 4.08. The molecule has 0 bridgehead atoms. The van der Waals surface area contributed by atoms with Gasteiger partial charge in [-0.3, -0.25) is 4.79 Å². The maximum absolute atomic E-state index is 14.0. The SMILES string of the molecule is O=c1cc2c(nn1Cc1c(F)ccc(Br)c1F)CCNC2. The van der Waals surface area contributed by atoms with Crippen LogP contribution in [0.2, 0.25) is 0 Å². The lowest BCUT2D eigenvalue weighted by atomic mass is 10.1. The van der Waals surface area contributed by atoms with Gasteiger partial charge in [0.05, 0.1) is 16.7 Å². The van der Waals surface area contributed by atoms with Crippen molar-refractivity contribution >= 4 is 15.9 Å². The van der Waals surface area contributed by atoms with Crippen molar-refractivity contribution in [3.63, 3.8) is 0 Å². The molecule has 4 nitrogen and oxygen atoms in total. The van der Waals surface area contributed by atoms with Gasteiger partial charge in [0.2, 0.25) is 0 Å². The first-order valence-corrected chi connectivity index (χ1v) is 7.28. The van der Waals surface area contributed by atoms with E-state index < -0.39 is 11.6 Å². The predicted molar refractivity (Wildman–Crippen MR) is 77.1 cm³/mol. The first-order chi connectivity index (χ1) is 10.1. The standard InChI is InChI=1S/C14H12BrF2N3O/c15-10-1-2-11(16)9(14(10)17)7-20-13(21)5-8-6-18-4-3-12(8)19-20/h1-2,5,18H,3-4,6-7H2. The summed E-state index contributed by atoms with van der Waals surface area (Å²) in [5, 5.41) is 7.38. The molecule has 2 heterocycles. The Kier molecular flexibility index (Phi) is 3.86. The number of hydrogen-bond acceptors (Lipinski definition) is 3. The van der Waals surface area contributed by atoms with Crippen LogP contribution >= 0.6 is 15.9 Å². The van der Waals surface area contributed by atoms with Gasteiger partial charge in [-0.1, -0.05) is 0 Å². The number of nitrogens with one attached hydrogen (secondary N) is 1.